The molecule has 0 aliphatic heterocycles. The zero-order valence-corrected chi connectivity index (χ0v) is 12.6. The van der Waals surface area contributed by atoms with Gasteiger partial charge in [-0.15, -0.1) is 0 Å². The first-order chi connectivity index (χ1) is 10.2. The highest BCUT2D eigenvalue weighted by molar-refractivity contribution is 7.88. The average Bonchev–Trinajstić information content (AvgIpc) is 2.86. The van der Waals surface area contributed by atoms with Gasteiger partial charge >= 0.3 is 5.97 Å². The van der Waals surface area contributed by atoms with Crippen molar-refractivity contribution >= 4 is 32.6 Å². The summed E-state index contributed by atoms with van der Waals surface area (Å²) in [5.74, 6) is -0.652. The quantitative estimate of drug-likeness (QED) is 0.477. The zero-order valence-electron chi connectivity index (χ0n) is 11.7. The second kappa shape index (κ2) is 5.73. The summed E-state index contributed by atoms with van der Waals surface area (Å²) < 4.78 is 29.0. The lowest BCUT2D eigenvalue weighted by Crippen LogP contribution is -2.21. The van der Waals surface area contributed by atoms with Crippen LogP contribution < -0.4 is 4.72 Å². The third-order valence-electron chi connectivity index (χ3n) is 2.91. The number of H-pyrrole nitrogens is 1. The molecule has 0 saturated heterocycles. The molecule has 1 heterocycles. The highest BCUT2D eigenvalue weighted by Crippen LogP contribution is 2.28. The molecule has 0 spiro atoms. The van der Waals surface area contributed by atoms with Crippen LogP contribution in [0.15, 0.2) is 18.2 Å². The lowest BCUT2D eigenvalue weighted by Gasteiger charge is -2.03. The van der Waals surface area contributed by atoms with Crippen molar-refractivity contribution < 1.29 is 22.9 Å². The number of nitro groups is 1. The lowest BCUT2D eigenvalue weighted by molar-refractivity contribution is -0.383. The van der Waals surface area contributed by atoms with Crippen LogP contribution in [0, 0.1) is 10.1 Å². The number of methoxy groups -OCH3 is 1. The molecule has 0 atom stereocenters. The van der Waals surface area contributed by atoms with E-state index in [9.17, 15) is 23.3 Å². The van der Waals surface area contributed by atoms with Crippen molar-refractivity contribution in [3.05, 3.63) is 39.6 Å². The maximum absolute atomic E-state index is 11.5. The van der Waals surface area contributed by atoms with Crippen LogP contribution in [0.5, 0.6) is 0 Å². The Bertz CT molecular complexity index is 855. The van der Waals surface area contributed by atoms with Gasteiger partial charge in [-0.2, -0.15) is 0 Å². The number of aromatic nitrogens is 1. The molecule has 2 N–H and O–H groups in total. The molecule has 0 aliphatic rings. The molecule has 118 valence electrons. The third kappa shape index (κ3) is 3.40. The fourth-order valence-electron chi connectivity index (χ4n) is 1.97. The molecular weight excluding hydrogens is 314 g/mol. The SMILES string of the molecule is COC(=O)c1cc2cc(CNS(C)(=O)=O)cc([N+](=O)[O-])c2[nH]1. The Labute approximate surface area is 125 Å². The van der Waals surface area contributed by atoms with Gasteiger partial charge < -0.3 is 9.72 Å². The summed E-state index contributed by atoms with van der Waals surface area (Å²) in [6.45, 7) is -0.0889. The summed E-state index contributed by atoms with van der Waals surface area (Å²) in [6, 6.07) is 4.22. The number of hydrogen-bond donors (Lipinski definition) is 2. The molecule has 10 heteroatoms. The van der Waals surface area contributed by atoms with E-state index in [2.05, 4.69) is 14.4 Å². The van der Waals surface area contributed by atoms with E-state index in [1.807, 2.05) is 0 Å². The van der Waals surface area contributed by atoms with Crippen molar-refractivity contribution in [2.75, 3.05) is 13.4 Å². The van der Waals surface area contributed by atoms with Crippen LogP contribution in [0.4, 0.5) is 5.69 Å². The molecule has 0 saturated carbocycles. The number of nitro benzene ring substituents is 1. The average molecular weight is 327 g/mol. The Kier molecular flexibility index (Phi) is 4.15. The van der Waals surface area contributed by atoms with Gasteiger partial charge in [0.05, 0.1) is 18.3 Å². The molecule has 0 radical (unpaired) electrons. The van der Waals surface area contributed by atoms with Crippen LogP contribution in [0.1, 0.15) is 16.1 Å². The van der Waals surface area contributed by atoms with Gasteiger partial charge in [-0.1, -0.05) is 0 Å². The number of non-ortho nitro benzene ring substituents is 1. The summed E-state index contributed by atoms with van der Waals surface area (Å²) in [7, 11) is -2.22. The van der Waals surface area contributed by atoms with Gasteiger partial charge in [0.25, 0.3) is 5.69 Å². The number of carbonyl (C=O) groups is 1. The number of rotatable bonds is 5. The Morgan fingerprint density at radius 1 is 1.41 bits per heavy atom. The molecule has 22 heavy (non-hydrogen) atoms. The number of fused-ring (bicyclic) bond motifs is 1. The molecule has 0 amide bonds. The maximum atomic E-state index is 11.5. The Hall–Kier alpha value is -2.46. The largest absolute Gasteiger partial charge is 0.464 e. The minimum Gasteiger partial charge on any atom is -0.464 e. The van der Waals surface area contributed by atoms with E-state index in [1.165, 1.54) is 19.2 Å². The summed E-state index contributed by atoms with van der Waals surface area (Å²) in [6.07, 6.45) is 0.992. The van der Waals surface area contributed by atoms with Crippen molar-refractivity contribution in [1.29, 1.82) is 0 Å². The Balaban J connectivity index is 2.53. The predicted molar refractivity (Wildman–Crippen MR) is 78.0 cm³/mol. The number of sulfonamides is 1. The van der Waals surface area contributed by atoms with Crippen LogP contribution >= 0.6 is 0 Å². The van der Waals surface area contributed by atoms with Crippen molar-refractivity contribution in [3.63, 3.8) is 0 Å². The number of aromatic amines is 1. The van der Waals surface area contributed by atoms with Gasteiger partial charge in [0.15, 0.2) is 0 Å². The fraction of sp³-hybridized carbons (Fsp3) is 0.250. The van der Waals surface area contributed by atoms with Crippen LogP contribution in [0.25, 0.3) is 10.9 Å². The summed E-state index contributed by atoms with van der Waals surface area (Å²) in [4.78, 5) is 24.7. The topological polar surface area (TPSA) is 131 Å². The number of hydrogen-bond acceptors (Lipinski definition) is 6. The molecule has 2 rings (SSSR count). The van der Waals surface area contributed by atoms with Crippen molar-refractivity contribution in [2.24, 2.45) is 0 Å². The van der Waals surface area contributed by atoms with E-state index < -0.39 is 20.9 Å². The maximum Gasteiger partial charge on any atom is 0.354 e. The van der Waals surface area contributed by atoms with Crippen LogP contribution in [0.2, 0.25) is 0 Å². The van der Waals surface area contributed by atoms with E-state index in [0.29, 0.717) is 10.9 Å². The summed E-state index contributed by atoms with van der Waals surface area (Å²) in [5, 5.41) is 11.6. The predicted octanol–water partition coefficient (Wildman–Crippen LogP) is 0.912. The van der Waals surface area contributed by atoms with Crippen LogP contribution in [-0.2, 0) is 21.3 Å². The highest BCUT2D eigenvalue weighted by atomic mass is 32.2. The van der Waals surface area contributed by atoms with Gasteiger partial charge in [0, 0.05) is 18.0 Å². The number of benzene rings is 1. The Morgan fingerprint density at radius 3 is 2.64 bits per heavy atom. The van der Waals surface area contributed by atoms with Gasteiger partial charge in [0.2, 0.25) is 10.0 Å². The molecule has 1 aromatic heterocycles. The van der Waals surface area contributed by atoms with Crippen molar-refractivity contribution in [3.8, 4) is 0 Å². The molecular formula is C12H13N3O6S. The van der Waals surface area contributed by atoms with Crippen molar-refractivity contribution in [1.82, 2.24) is 9.71 Å². The number of ether oxygens (including phenoxy) is 1. The standard InChI is InChI=1S/C12H13N3O6S/c1-21-12(16)9-5-8-3-7(6-13-22(2,19)20)4-10(15(17)18)11(8)14-9/h3-5,13-14H,6H2,1-2H3. The molecule has 0 fully saturated rings. The van der Waals surface area contributed by atoms with Gasteiger partial charge in [-0.05, 0) is 17.7 Å². The van der Waals surface area contributed by atoms with Crippen LogP contribution in [0.3, 0.4) is 0 Å². The molecule has 1 aromatic carbocycles. The zero-order chi connectivity index (χ0) is 16.5. The van der Waals surface area contributed by atoms with Gasteiger partial charge in [-0.25, -0.2) is 17.9 Å². The number of carbonyl (C=O) groups excluding carboxylic acids is 1. The smallest absolute Gasteiger partial charge is 0.354 e. The first kappa shape index (κ1) is 15.9. The van der Waals surface area contributed by atoms with Gasteiger partial charge in [-0.3, -0.25) is 10.1 Å². The molecule has 9 nitrogen and oxygen atoms in total. The van der Waals surface area contributed by atoms with E-state index in [1.54, 1.807) is 6.07 Å². The minimum atomic E-state index is -3.42. The second-order valence-corrected chi connectivity index (χ2v) is 6.44. The molecule has 0 aliphatic carbocycles. The lowest BCUT2D eigenvalue weighted by atomic mass is 10.1. The van der Waals surface area contributed by atoms with Crippen molar-refractivity contribution in [2.45, 2.75) is 6.54 Å². The van der Waals surface area contributed by atoms with E-state index >= 15 is 0 Å². The molecule has 2 aromatic rings. The highest BCUT2D eigenvalue weighted by Gasteiger charge is 2.19. The van der Waals surface area contributed by atoms with Gasteiger partial charge in [0.1, 0.15) is 11.2 Å². The summed E-state index contributed by atoms with van der Waals surface area (Å²) >= 11 is 0. The number of nitrogens with one attached hydrogen (secondary N) is 2. The van der Waals surface area contributed by atoms with E-state index in [0.717, 1.165) is 6.26 Å². The summed E-state index contributed by atoms with van der Waals surface area (Å²) in [5.41, 5.74) is 0.403. The van der Waals surface area contributed by atoms with E-state index in [4.69, 9.17) is 0 Å². The first-order valence-electron chi connectivity index (χ1n) is 6.04. The minimum absolute atomic E-state index is 0.0776. The Morgan fingerprint density at radius 2 is 2.09 bits per heavy atom. The van der Waals surface area contributed by atoms with Crippen LogP contribution in [-0.4, -0.2) is 37.7 Å². The van der Waals surface area contributed by atoms with E-state index in [-0.39, 0.29) is 23.4 Å². The normalized spacial score (nSPS) is 11.5. The fourth-order valence-corrected chi connectivity index (χ4v) is 2.39. The number of nitrogens with zero attached hydrogens (tertiary/aromatic N) is 1. The molecule has 0 unspecified atom stereocenters. The molecule has 0 bridgehead atoms. The first-order valence-corrected chi connectivity index (χ1v) is 7.93. The second-order valence-electron chi connectivity index (χ2n) is 4.60. The number of esters is 1. The monoisotopic (exact) mass is 327 g/mol. The third-order valence-corrected chi connectivity index (χ3v) is 3.58.